The number of sulfonamides is 1. The van der Waals surface area contributed by atoms with Gasteiger partial charge >= 0.3 is 0 Å². The highest BCUT2D eigenvalue weighted by molar-refractivity contribution is 7.94. The lowest BCUT2D eigenvalue weighted by Crippen LogP contribution is -2.43. The number of carbonyl (C=O) groups is 1. The van der Waals surface area contributed by atoms with E-state index >= 15 is 0 Å². The van der Waals surface area contributed by atoms with E-state index in [1.165, 1.54) is 0 Å². The molecule has 1 amide bonds. The van der Waals surface area contributed by atoms with Gasteiger partial charge in [-0.3, -0.25) is 14.4 Å². The molecule has 0 radical (unpaired) electrons. The predicted molar refractivity (Wildman–Crippen MR) is 125 cm³/mol. The third kappa shape index (κ3) is 5.74. The fraction of sp³-hybridized carbons (Fsp3) is 0.261. The molecule has 32 heavy (non-hydrogen) atoms. The zero-order valence-corrected chi connectivity index (χ0v) is 19.1. The van der Waals surface area contributed by atoms with Crippen LogP contribution < -0.4 is 10.0 Å². The maximum absolute atomic E-state index is 13.0. The Bertz CT molecular complexity index is 1110. The predicted octanol–water partition coefficient (Wildman–Crippen LogP) is 3.35. The minimum atomic E-state index is -3.62. The monoisotopic (exact) mass is 471 g/mol. The fourth-order valence-corrected chi connectivity index (χ4v) is 5.57. The summed E-state index contributed by atoms with van der Waals surface area (Å²) in [5, 5.41) is 4.84. The van der Waals surface area contributed by atoms with Gasteiger partial charge in [0, 0.05) is 30.9 Å². The molecule has 0 saturated carbocycles. The largest absolute Gasteiger partial charge is 0.379 e. The van der Waals surface area contributed by atoms with Crippen LogP contribution in [0.3, 0.4) is 0 Å². The van der Waals surface area contributed by atoms with Gasteiger partial charge in [0.2, 0.25) is 0 Å². The third-order valence-electron chi connectivity index (χ3n) is 5.21. The van der Waals surface area contributed by atoms with Gasteiger partial charge < -0.3 is 10.1 Å². The topological polar surface area (TPSA) is 87.7 Å². The zero-order valence-electron chi connectivity index (χ0n) is 17.4. The van der Waals surface area contributed by atoms with Crippen LogP contribution in [0.1, 0.15) is 22.0 Å². The van der Waals surface area contributed by atoms with Gasteiger partial charge in [-0.15, -0.1) is 11.3 Å². The molecule has 0 spiro atoms. The lowest BCUT2D eigenvalue weighted by atomic mass is 10.1. The summed E-state index contributed by atoms with van der Waals surface area (Å²) in [4.78, 5) is 15.2. The van der Waals surface area contributed by atoms with Crippen molar-refractivity contribution in [3.8, 4) is 0 Å². The van der Waals surface area contributed by atoms with E-state index in [0.29, 0.717) is 31.0 Å². The summed E-state index contributed by atoms with van der Waals surface area (Å²) in [6.45, 7) is 3.74. The molecule has 2 heterocycles. The van der Waals surface area contributed by atoms with Crippen LogP contribution in [0.2, 0.25) is 0 Å². The van der Waals surface area contributed by atoms with Crippen LogP contribution in [-0.4, -0.2) is 52.1 Å². The summed E-state index contributed by atoms with van der Waals surface area (Å²) in [6.07, 6.45) is 0. The maximum Gasteiger partial charge on any atom is 0.271 e. The van der Waals surface area contributed by atoms with E-state index in [2.05, 4.69) is 14.9 Å². The molecular weight excluding hydrogens is 446 g/mol. The molecule has 0 unspecified atom stereocenters. The molecule has 1 atom stereocenters. The number of ether oxygens (including phenoxy) is 1. The molecular formula is C23H25N3O4S2. The summed E-state index contributed by atoms with van der Waals surface area (Å²) in [6, 6.07) is 19.4. The summed E-state index contributed by atoms with van der Waals surface area (Å²) in [5.74, 6) is -0.209. The molecule has 1 aliphatic heterocycles. The smallest absolute Gasteiger partial charge is 0.271 e. The Morgan fingerprint density at radius 3 is 2.38 bits per heavy atom. The second-order valence-electron chi connectivity index (χ2n) is 7.46. The maximum atomic E-state index is 13.0. The van der Waals surface area contributed by atoms with Crippen molar-refractivity contribution in [2.75, 3.05) is 37.6 Å². The van der Waals surface area contributed by atoms with Crippen molar-refractivity contribution in [1.82, 2.24) is 10.2 Å². The molecule has 2 N–H and O–H groups in total. The quantitative estimate of drug-likeness (QED) is 0.526. The van der Waals surface area contributed by atoms with Crippen LogP contribution in [0.15, 0.2) is 76.3 Å². The summed E-state index contributed by atoms with van der Waals surface area (Å²) < 4.78 is 33.0. The van der Waals surface area contributed by atoms with Crippen molar-refractivity contribution in [3.05, 3.63) is 83.2 Å². The van der Waals surface area contributed by atoms with E-state index in [1.807, 2.05) is 30.3 Å². The normalized spacial score (nSPS) is 15.8. The van der Waals surface area contributed by atoms with E-state index < -0.39 is 10.0 Å². The van der Waals surface area contributed by atoms with Crippen LogP contribution in [0.5, 0.6) is 0 Å². The van der Waals surface area contributed by atoms with Gasteiger partial charge in [0.05, 0.1) is 19.3 Å². The lowest BCUT2D eigenvalue weighted by Gasteiger charge is -2.31. The lowest BCUT2D eigenvalue weighted by molar-refractivity contribution is 0.0332. The zero-order chi connectivity index (χ0) is 22.4. The number of benzene rings is 2. The van der Waals surface area contributed by atoms with Crippen molar-refractivity contribution in [2.24, 2.45) is 0 Å². The van der Waals surface area contributed by atoms with Gasteiger partial charge in [0.25, 0.3) is 15.9 Å². The molecule has 1 aromatic heterocycles. The van der Waals surface area contributed by atoms with Gasteiger partial charge in [-0.1, -0.05) is 36.4 Å². The molecule has 9 heteroatoms. The number of thiophene rings is 1. The standard InChI is InChI=1S/C23H25N3O4S2/c27-23(19-8-10-20(11-9-19)25-32(28,29)22-7-4-16-31-22)24-21(18-5-2-1-3-6-18)17-26-12-14-30-15-13-26/h1-11,16,21,25H,12-15,17H2,(H,24,27)/t21-/m0/s1. The van der Waals surface area contributed by atoms with Crippen LogP contribution >= 0.6 is 11.3 Å². The molecule has 168 valence electrons. The number of nitrogens with one attached hydrogen (secondary N) is 2. The molecule has 4 rings (SSSR count). The summed E-state index contributed by atoms with van der Waals surface area (Å²) in [7, 11) is -3.62. The Kier molecular flexibility index (Phi) is 7.21. The molecule has 0 aliphatic carbocycles. The first-order chi connectivity index (χ1) is 15.5. The Morgan fingerprint density at radius 1 is 1.00 bits per heavy atom. The highest BCUT2D eigenvalue weighted by Gasteiger charge is 2.21. The Hall–Kier alpha value is -2.72. The Balaban J connectivity index is 1.44. The summed E-state index contributed by atoms with van der Waals surface area (Å²) in [5.41, 5.74) is 1.91. The average Bonchev–Trinajstić information content (AvgIpc) is 3.36. The van der Waals surface area contributed by atoms with Crippen molar-refractivity contribution in [3.63, 3.8) is 0 Å². The number of nitrogens with zero attached hydrogens (tertiary/aromatic N) is 1. The molecule has 7 nitrogen and oxygen atoms in total. The second-order valence-corrected chi connectivity index (χ2v) is 10.3. The number of amides is 1. The van der Waals surface area contributed by atoms with Gasteiger partial charge in [-0.2, -0.15) is 0 Å². The number of anilines is 1. The fourth-order valence-electron chi connectivity index (χ4n) is 3.51. The highest BCUT2D eigenvalue weighted by atomic mass is 32.2. The summed E-state index contributed by atoms with van der Waals surface area (Å²) >= 11 is 1.15. The van der Waals surface area contributed by atoms with Gasteiger partial charge in [0.15, 0.2) is 0 Å². The van der Waals surface area contributed by atoms with Crippen molar-refractivity contribution in [1.29, 1.82) is 0 Å². The molecule has 2 aromatic carbocycles. The molecule has 1 saturated heterocycles. The van der Waals surface area contributed by atoms with Crippen LogP contribution in [0.4, 0.5) is 5.69 Å². The minimum absolute atomic E-state index is 0.168. The first-order valence-corrected chi connectivity index (χ1v) is 12.7. The SMILES string of the molecule is O=C(N[C@@H](CN1CCOCC1)c1ccccc1)c1ccc(NS(=O)(=O)c2cccs2)cc1. The number of hydrogen-bond donors (Lipinski definition) is 2. The second kappa shape index (κ2) is 10.3. The Morgan fingerprint density at radius 2 is 1.72 bits per heavy atom. The Labute approximate surface area is 192 Å². The van der Waals surface area contributed by atoms with E-state index in [-0.39, 0.29) is 16.2 Å². The molecule has 1 aliphatic rings. The van der Waals surface area contributed by atoms with Crippen molar-refractivity contribution < 1.29 is 17.9 Å². The van der Waals surface area contributed by atoms with Crippen LogP contribution in [0, 0.1) is 0 Å². The van der Waals surface area contributed by atoms with E-state index in [4.69, 9.17) is 4.74 Å². The number of rotatable bonds is 8. The van der Waals surface area contributed by atoms with Crippen molar-refractivity contribution in [2.45, 2.75) is 10.3 Å². The van der Waals surface area contributed by atoms with Crippen LogP contribution in [-0.2, 0) is 14.8 Å². The third-order valence-corrected chi connectivity index (χ3v) is 7.99. The molecule has 1 fully saturated rings. The van der Waals surface area contributed by atoms with Crippen LogP contribution in [0.25, 0.3) is 0 Å². The van der Waals surface area contributed by atoms with Gasteiger partial charge in [-0.25, -0.2) is 8.42 Å². The highest BCUT2D eigenvalue weighted by Crippen LogP contribution is 2.21. The number of morpholine rings is 1. The van der Waals surface area contributed by atoms with Gasteiger partial charge in [-0.05, 0) is 41.3 Å². The van der Waals surface area contributed by atoms with Crippen molar-refractivity contribution >= 4 is 33.0 Å². The first-order valence-electron chi connectivity index (χ1n) is 10.3. The minimum Gasteiger partial charge on any atom is -0.379 e. The van der Waals surface area contributed by atoms with Gasteiger partial charge in [0.1, 0.15) is 4.21 Å². The average molecular weight is 472 g/mol. The molecule has 3 aromatic rings. The van der Waals surface area contributed by atoms with E-state index in [9.17, 15) is 13.2 Å². The van der Waals surface area contributed by atoms with E-state index in [1.54, 1.807) is 41.8 Å². The van der Waals surface area contributed by atoms with E-state index in [0.717, 1.165) is 30.0 Å². The number of carbonyl (C=O) groups excluding carboxylic acids is 1. The first kappa shape index (κ1) is 22.5. The number of hydrogen-bond acceptors (Lipinski definition) is 6. The molecule has 0 bridgehead atoms.